The highest BCUT2D eigenvalue weighted by atomic mass is 32.2. The SMILES string of the molecule is Cc1ccc(SCC2=NN(c3ccccc3)C(=O)/C2=C\c2cn(-c3ccccc3)nc2-c2cccc(S(=O)(=O)N(C)C)c2)cc1. The fourth-order valence-electron chi connectivity index (χ4n) is 4.84. The molecule has 0 N–H and O–H groups in total. The number of thioether (sulfide) groups is 1. The highest BCUT2D eigenvalue weighted by Gasteiger charge is 2.32. The summed E-state index contributed by atoms with van der Waals surface area (Å²) in [7, 11) is -0.676. The van der Waals surface area contributed by atoms with Gasteiger partial charge in [-0.1, -0.05) is 66.2 Å². The van der Waals surface area contributed by atoms with Gasteiger partial charge in [-0.05, 0) is 61.5 Å². The van der Waals surface area contributed by atoms with E-state index >= 15 is 0 Å². The first-order valence-electron chi connectivity index (χ1n) is 14.3. The number of hydrogen-bond acceptors (Lipinski definition) is 6. The third kappa shape index (κ3) is 6.39. The number of hydrogen-bond donors (Lipinski definition) is 0. The van der Waals surface area contributed by atoms with E-state index in [2.05, 4.69) is 24.3 Å². The molecule has 226 valence electrons. The number of hydrazone groups is 1. The fraction of sp³-hybridized carbons (Fsp3) is 0.114. The number of anilines is 1. The molecule has 0 aliphatic carbocycles. The summed E-state index contributed by atoms with van der Waals surface area (Å²) in [5.74, 6) is 0.228. The number of rotatable bonds is 9. The molecule has 2 heterocycles. The van der Waals surface area contributed by atoms with E-state index in [1.807, 2.05) is 85.9 Å². The first kappa shape index (κ1) is 30.3. The van der Waals surface area contributed by atoms with Gasteiger partial charge in [-0.25, -0.2) is 17.4 Å². The van der Waals surface area contributed by atoms with Gasteiger partial charge in [-0.15, -0.1) is 11.8 Å². The number of carbonyl (C=O) groups excluding carboxylic acids is 1. The molecule has 5 aromatic rings. The lowest BCUT2D eigenvalue weighted by Crippen LogP contribution is -2.22. The van der Waals surface area contributed by atoms with Gasteiger partial charge in [0.2, 0.25) is 10.0 Å². The molecule has 10 heteroatoms. The second-order valence-corrected chi connectivity index (χ2v) is 13.9. The van der Waals surface area contributed by atoms with Crippen LogP contribution in [0.25, 0.3) is 23.0 Å². The summed E-state index contributed by atoms with van der Waals surface area (Å²) in [6, 6.07) is 33.9. The second-order valence-electron chi connectivity index (χ2n) is 10.7. The Kier molecular flexibility index (Phi) is 8.53. The molecule has 0 fully saturated rings. The Balaban J connectivity index is 1.47. The van der Waals surface area contributed by atoms with E-state index in [-0.39, 0.29) is 10.8 Å². The van der Waals surface area contributed by atoms with Crippen LogP contribution < -0.4 is 5.01 Å². The minimum atomic E-state index is -3.68. The molecule has 0 unspecified atom stereocenters. The number of aryl methyl sites for hydroxylation is 1. The Morgan fingerprint density at radius 2 is 1.51 bits per heavy atom. The lowest BCUT2D eigenvalue weighted by atomic mass is 10.0. The van der Waals surface area contributed by atoms with Crippen LogP contribution in [0.15, 0.2) is 136 Å². The Morgan fingerprint density at radius 1 is 0.844 bits per heavy atom. The molecule has 1 aliphatic rings. The van der Waals surface area contributed by atoms with Gasteiger partial charge in [0.15, 0.2) is 0 Å². The monoisotopic (exact) mass is 633 g/mol. The molecule has 0 bridgehead atoms. The minimum absolute atomic E-state index is 0.154. The highest BCUT2D eigenvalue weighted by Crippen LogP contribution is 2.32. The van der Waals surface area contributed by atoms with Crippen LogP contribution in [0.4, 0.5) is 5.69 Å². The minimum Gasteiger partial charge on any atom is -0.267 e. The molecular weight excluding hydrogens is 603 g/mol. The molecule has 0 atom stereocenters. The Labute approximate surface area is 267 Å². The molecule has 0 spiro atoms. The molecule has 8 nitrogen and oxygen atoms in total. The molecule has 0 saturated heterocycles. The topological polar surface area (TPSA) is 87.9 Å². The molecular formula is C35H31N5O3S2. The van der Waals surface area contributed by atoms with Crippen LogP contribution >= 0.6 is 11.8 Å². The fourth-order valence-corrected chi connectivity index (χ4v) is 6.63. The molecule has 1 aliphatic heterocycles. The zero-order chi connectivity index (χ0) is 31.6. The average molecular weight is 634 g/mol. The highest BCUT2D eigenvalue weighted by molar-refractivity contribution is 8.00. The van der Waals surface area contributed by atoms with Gasteiger partial charge < -0.3 is 0 Å². The number of sulfonamides is 1. The van der Waals surface area contributed by atoms with E-state index < -0.39 is 10.0 Å². The van der Waals surface area contributed by atoms with Crippen LogP contribution in [-0.4, -0.2) is 54.0 Å². The Hall–Kier alpha value is -4.77. The number of para-hydroxylation sites is 2. The van der Waals surface area contributed by atoms with Crippen LogP contribution in [0, 0.1) is 6.92 Å². The van der Waals surface area contributed by atoms with E-state index in [4.69, 9.17) is 10.2 Å². The smallest absolute Gasteiger partial charge is 0.267 e. The van der Waals surface area contributed by atoms with E-state index in [0.717, 1.165) is 10.6 Å². The van der Waals surface area contributed by atoms with Crippen molar-refractivity contribution in [1.82, 2.24) is 14.1 Å². The lowest BCUT2D eigenvalue weighted by Gasteiger charge is -2.12. The van der Waals surface area contributed by atoms with Crippen molar-refractivity contribution in [2.45, 2.75) is 16.7 Å². The van der Waals surface area contributed by atoms with E-state index in [0.29, 0.717) is 39.5 Å². The maximum Gasteiger partial charge on any atom is 0.280 e. The van der Waals surface area contributed by atoms with Crippen LogP contribution in [0.2, 0.25) is 0 Å². The van der Waals surface area contributed by atoms with Crippen molar-refractivity contribution >= 4 is 45.2 Å². The third-order valence-corrected chi connectivity index (χ3v) is 10.1. The van der Waals surface area contributed by atoms with Crippen molar-refractivity contribution < 1.29 is 13.2 Å². The van der Waals surface area contributed by atoms with Gasteiger partial charge in [0, 0.05) is 42.1 Å². The van der Waals surface area contributed by atoms with Crippen molar-refractivity contribution in [3.05, 3.63) is 132 Å². The number of amides is 1. The second kappa shape index (κ2) is 12.7. The number of nitrogens with zero attached hydrogens (tertiary/aromatic N) is 5. The summed E-state index contributed by atoms with van der Waals surface area (Å²) >= 11 is 1.61. The summed E-state index contributed by atoms with van der Waals surface area (Å²) in [5, 5.41) is 11.1. The number of carbonyl (C=O) groups is 1. The molecule has 4 aromatic carbocycles. The van der Waals surface area contributed by atoms with E-state index in [9.17, 15) is 13.2 Å². The van der Waals surface area contributed by atoms with Gasteiger partial charge in [0.1, 0.15) is 5.69 Å². The quantitative estimate of drug-likeness (QED) is 0.134. The standard InChI is InChI=1S/C35H31N5O3S2/c1-25-17-19-30(20-18-25)44-24-33-32(35(41)40(36-33)29-14-8-5-9-15-29)22-27-23-39(28-12-6-4-7-13-28)37-34(27)26-11-10-16-31(21-26)45(42,43)38(2)3/h4-23H,24H2,1-3H3/b32-22-. The van der Waals surface area contributed by atoms with Crippen LogP contribution in [0.5, 0.6) is 0 Å². The first-order chi connectivity index (χ1) is 21.7. The largest absolute Gasteiger partial charge is 0.280 e. The molecule has 0 saturated carbocycles. The number of benzene rings is 4. The van der Waals surface area contributed by atoms with Crippen LogP contribution in [0.3, 0.4) is 0 Å². The van der Waals surface area contributed by atoms with Crippen molar-refractivity contribution in [2.24, 2.45) is 5.10 Å². The third-order valence-electron chi connectivity index (χ3n) is 7.30. The Bertz CT molecular complexity index is 2020. The zero-order valence-corrected chi connectivity index (χ0v) is 26.7. The summed E-state index contributed by atoms with van der Waals surface area (Å²) in [4.78, 5) is 15.2. The molecule has 6 rings (SSSR count). The predicted octanol–water partition coefficient (Wildman–Crippen LogP) is 6.68. The normalized spacial score (nSPS) is 14.4. The summed E-state index contributed by atoms with van der Waals surface area (Å²) in [5.41, 5.74) is 5.56. The van der Waals surface area contributed by atoms with E-state index in [1.54, 1.807) is 34.6 Å². The lowest BCUT2D eigenvalue weighted by molar-refractivity contribution is -0.114. The van der Waals surface area contributed by atoms with Gasteiger partial charge in [-0.2, -0.15) is 15.2 Å². The summed E-state index contributed by atoms with van der Waals surface area (Å²) in [6.45, 7) is 2.05. The van der Waals surface area contributed by atoms with E-state index in [1.165, 1.54) is 29.0 Å². The van der Waals surface area contributed by atoms with Crippen LogP contribution in [0.1, 0.15) is 11.1 Å². The summed E-state index contributed by atoms with van der Waals surface area (Å²) in [6.07, 6.45) is 3.67. The average Bonchev–Trinajstić information content (AvgIpc) is 3.62. The first-order valence-corrected chi connectivity index (χ1v) is 16.7. The molecule has 0 radical (unpaired) electrons. The Morgan fingerprint density at radius 3 is 2.18 bits per heavy atom. The van der Waals surface area contributed by atoms with Gasteiger partial charge >= 0.3 is 0 Å². The van der Waals surface area contributed by atoms with Crippen molar-refractivity contribution in [1.29, 1.82) is 0 Å². The van der Waals surface area contributed by atoms with Crippen molar-refractivity contribution in [3.8, 4) is 16.9 Å². The van der Waals surface area contributed by atoms with Crippen LogP contribution in [-0.2, 0) is 14.8 Å². The maximum absolute atomic E-state index is 14.0. The zero-order valence-electron chi connectivity index (χ0n) is 25.0. The summed E-state index contributed by atoms with van der Waals surface area (Å²) < 4.78 is 28.9. The van der Waals surface area contributed by atoms with Gasteiger partial charge in [-0.3, -0.25) is 4.79 Å². The van der Waals surface area contributed by atoms with Gasteiger partial charge in [0.25, 0.3) is 5.91 Å². The molecule has 1 aromatic heterocycles. The van der Waals surface area contributed by atoms with Crippen molar-refractivity contribution in [2.75, 3.05) is 24.9 Å². The van der Waals surface area contributed by atoms with Gasteiger partial charge in [0.05, 0.1) is 27.6 Å². The molecule has 45 heavy (non-hydrogen) atoms. The van der Waals surface area contributed by atoms with Crippen molar-refractivity contribution in [3.63, 3.8) is 0 Å². The predicted molar refractivity (Wildman–Crippen MR) is 181 cm³/mol. The molecule has 1 amide bonds. The maximum atomic E-state index is 14.0. The number of aromatic nitrogens is 2.